The third kappa shape index (κ3) is 2.16. The Hall–Kier alpha value is -0.800. The second-order valence-corrected chi connectivity index (χ2v) is 4.95. The van der Waals surface area contributed by atoms with Crippen LogP contribution in [0.3, 0.4) is 0 Å². The molecule has 0 radical (unpaired) electrons. The number of benzene rings is 1. The normalized spacial score (nSPS) is 10.4. The highest BCUT2D eigenvalue weighted by molar-refractivity contribution is 9.10. The summed E-state index contributed by atoms with van der Waals surface area (Å²) in [5, 5.41) is 11.4. The molecule has 0 spiro atoms. The van der Waals surface area contributed by atoms with Crippen molar-refractivity contribution >= 4 is 27.3 Å². The molecule has 0 atom stereocenters. The van der Waals surface area contributed by atoms with Crippen LogP contribution in [0.25, 0.3) is 0 Å². The molecule has 0 bridgehead atoms. The molecule has 1 N–H and O–H groups in total. The van der Waals surface area contributed by atoms with Crippen LogP contribution < -0.4 is 0 Å². The zero-order chi connectivity index (χ0) is 9.97. The van der Waals surface area contributed by atoms with Crippen LogP contribution >= 0.6 is 27.3 Å². The van der Waals surface area contributed by atoms with E-state index in [0.29, 0.717) is 5.75 Å². The maximum atomic E-state index is 9.47. The minimum absolute atomic E-state index is 0.401. The van der Waals surface area contributed by atoms with Crippen LogP contribution in [0.4, 0.5) is 0 Å². The van der Waals surface area contributed by atoms with Gasteiger partial charge in [-0.3, -0.25) is 0 Å². The summed E-state index contributed by atoms with van der Waals surface area (Å²) in [5.41, 5.74) is 1.21. The minimum atomic E-state index is 0.401. The van der Waals surface area contributed by atoms with E-state index in [-0.39, 0.29) is 0 Å². The van der Waals surface area contributed by atoms with Gasteiger partial charge in [-0.1, -0.05) is 28.1 Å². The zero-order valence-electron chi connectivity index (χ0n) is 7.40. The Bertz CT molecular complexity index is 419. The Balaban J connectivity index is 2.19. The van der Waals surface area contributed by atoms with Gasteiger partial charge in [0.2, 0.25) is 0 Å². The van der Waals surface area contributed by atoms with Crippen LogP contribution in [-0.2, 0) is 6.42 Å². The summed E-state index contributed by atoms with van der Waals surface area (Å²) in [4.78, 5) is 1.02. The summed E-state index contributed by atoms with van der Waals surface area (Å²) >= 11 is 4.98. The molecule has 3 heteroatoms. The van der Waals surface area contributed by atoms with E-state index >= 15 is 0 Å². The molecule has 0 aliphatic rings. The predicted octanol–water partition coefficient (Wildman–Crippen LogP) is 3.81. The van der Waals surface area contributed by atoms with E-state index in [2.05, 4.69) is 28.1 Å². The highest BCUT2D eigenvalue weighted by Crippen LogP contribution is 2.26. The molecule has 1 aromatic heterocycles. The first kappa shape index (κ1) is 9.74. The van der Waals surface area contributed by atoms with Crippen molar-refractivity contribution in [2.75, 3.05) is 0 Å². The van der Waals surface area contributed by atoms with Gasteiger partial charge in [0.1, 0.15) is 5.75 Å². The fraction of sp³-hybridized carbons (Fsp3) is 0.0909. The Morgan fingerprint density at radius 1 is 1.14 bits per heavy atom. The maximum absolute atomic E-state index is 9.47. The number of rotatable bonds is 2. The third-order valence-electron chi connectivity index (χ3n) is 2.00. The first-order chi connectivity index (χ1) is 6.75. The fourth-order valence-corrected chi connectivity index (χ4v) is 2.32. The molecular weight excluding hydrogens is 260 g/mol. The molecule has 0 saturated heterocycles. The Kier molecular flexibility index (Phi) is 2.89. The van der Waals surface area contributed by atoms with Crippen LogP contribution in [0, 0.1) is 0 Å². The van der Waals surface area contributed by atoms with Gasteiger partial charge in [-0.05, 0) is 29.1 Å². The lowest BCUT2D eigenvalue weighted by Crippen LogP contribution is -1.83. The summed E-state index contributed by atoms with van der Waals surface area (Å²) in [6, 6.07) is 9.88. The van der Waals surface area contributed by atoms with Gasteiger partial charge in [0.25, 0.3) is 0 Å². The molecule has 0 aliphatic carbocycles. The van der Waals surface area contributed by atoms with Crippen LogP contribution in [0.5, 0.6) is 5.75 Å². The van der Waals surface area contributed by atoms with Gasteiger partial charge in [0.15, 0.2) is 0 Å². The summed E-state index contributed by atoms with van der Waals surface area (Å²) < 4.78 is 1.08. The van der Waals surface area contributed by atoms with Crippen molar-refractivity contribution in [3.63, 3.8) is 0 Å². The number of hydrogen-bond acceptors (Lipinski definition) is 2. The molecule has 1 aromatic carbocycles. The summed E-state index contributed by atoms with van der Waals surface area (Å²) in [6.45, 7) is 0. The molecule has 72 valence electrons. The Morgan fingerprint density at radius 3 is 2.43 bits per heavy atom. The Morgan fingerprint density at radius 2 is 1.86 bits per heavy atom. The number of hydrogen-bond donors (Lipinski definition) is 1. The van der Waals surface area contributed by atoms with Crippen molar-refractivity contribution in [2.24, 2.45) is 0 Å². The van der Waals surface area contributed by atoms with Gasteiger partial charge in [0.05, 0.1) is 4.88 Å². The van der Waals surface area contributed by atoms with Gasteiger partial charge in [-0.25, -0.2) is 0 Å². The van der Waals surface area contributed by atoms with Crippen molar-refractivity contribution < 1.29 is 5.11 Å². The largest absolute Gasteiger partial charge is 0.507 e. The van der Waals surface area contributed by atoms with Crippen molar-refractivity contribution in [1.82, 2.24) is 0 Å². The standard InChI is InChI=1S/C11H9BrOS/c12-9-3-1-8(2-4-9)7-11-10(13)5-6-14-11/h1-6,13H,7H2. The van der Waals surface area contributed by atoms with E-state index in [0.717, 1.165) is 15.8 Å². The fourth-order valence-electron chi connectivity index (χ4n) is 1.25. The van der Waals surface area contributed by atoms with Crippen molar-refractivity contribution in [1.29, 1.82) is 0 Å². The third-order valence-corrected chi connectivity index (χ3v) is 3.44. The first-order valence-corrected chi connectivity index (χ1v) is 5.93. The molecule has 0 saturated carbocycles. The van der Waals surface area contributed by atoms with Crippen LogP contribution in [0.1, 0.15) is 10.4 Å². The number of halogens is 1. The van der Waals surface area contributed by atoms with E-state index in [1.807, 2.05) is 17.5 Å². The average Bonchev–Trinajstić information content (AvgIpc) is 2.56. The van der Waals surface area contributed by atoms with Crippen LogP contribution in [0.2, 0.25) is 0 Å². The monoisotopic (exact) mass is 268 g/mol. The van der Waals surface area contributed by atoms with Gasteiger partial charge in [-0.2, -0.15) is 0 Å². The molecule has 0 fully saturated rings. The number of aromatic hydroxyl groups is 1. The van der Waals surface area contributed by atoms with E-state index < -0.39 is 0 Å². The van der Waals surface area contributed by atoms with Crippen molar-refractivity contribution in [3.8, 4) is 5.75 Å². The van der Waals surface area contributed by atoms with E-state index in [9.17, 15) is 5.11 Å². The SMILES string of the molecule is Oc1ccsc1Cc1ccc(Br)cc1. The highest BCUT2D eigenvalue weighted by atomic mass is 79.9. The second-order valence-electron chi connectivity index (χ2n) is 3.03. The van der Waals surface area contributed by atoms with Crippen molar-refractivity contribution in [3.05, 3.63) is 50.6 Å². The number of thiophene rings is 1. The molecule has 1 nitrogen and oxygen atoms in total. The van der Waals surface area contributed by atoms with E-state index in [4.69, 9.17) is 0 Å². The van der Waals surface area contributed by atoms with Crippen LogP contribution in [-0.4, -0.2) is 5.11 Å². The van der Waals surface area contributed by atoms with Gasteiger partial charge in [0, 0.05) is 10.9 Å². The quantitative estimate of drug-likeness (QED) is 0.879. The molecule has 0 aliphatic heterocycles. The lowest BCUT2D eigenvalue weighted by molar-refractivity contribution is 0.473. The predicted molar refractivity (Wildman–Crippen MR) is 62.9 cm³/mol. The molecule has 2 aromatic rings. The zero-order valence-corrected chi connectivity index (χ0v) is 9.81. The molecule has 2 rings (SSSR count). The van der Waals surface area contributed by atoms with Crippen molar-refractivity contribution in [2.45, 2.75) is 6.42 Å². The van der Waals surface area contributed by atoms with Gasteiger partial charge in [-0.15, -0.1) is 11.3 Å². The summed E-state index contributed by atoms with van der Waals surface area (Å²) in [5.74, 6) is 0.401. The molecule has 0 amide bonds. The van der Waals surface area contributed by atoms with E-state index in [1.54, 1.807) is 17.4 Å². The van der Waals surface area contributed by atoms with Gasteiger partial charge >= 0.3 is 0 Å². The summed E-state index contributed by atoms with van der Waals surface area (Å²) in [6.07, 6.45) is 0.802. The topological polar surface area (TPSA) is 20.2 Å². The maximum Gasteiger partial charge on any atom is 0.129 e. The Labute approximate surface area is 95.2 Å². The lowest BCUT2D eigenvalue weighted by atomic mass is 10.1. The van der Waals surface area contributed by atoms with E-state index in [1.165, 1.54) is 5.56 Å². The van der Waals surface area contributed by atoms with Crippen LogP contribution in [0.15, 0.2) is 40.2 Å². The molecule has 0 unspecified atom stereocenters. The van der Waals surface area contributed by atoms with Gasteiger partial charge < -0.3 is 5.11 Å². The summed E-state index contributed by atoms with van der Waals surface area (Å²) in [7, 11) is 0. The second kappa shape index (κ2) is 4.15. The molecular formula is C11H9BrOS. The highest BCUT2D eigenvalue weighted by Gasteiger charge is 2.03. The molecule has 14 heavy (non-hydrogen) atoms. The smallest absolute Gasteiger partial charge is 0.129 e. The lowest BCUT2D eigenvalue weighted by Gasteiger charge is -1.99. The average molecular weight is 269 g/mol. The minimum Gasteiger partial charge on any atom is -0.507 e. The first-order valence-electron chi connectivity index (χ1n) is 4.25. The molecule has 1 heterocycles.